The van der Waals surface area contributed by atoms with Gasteiger partial charge >= 0.3 is 12.0 Å². The van der Waals surface area contributed by atoms with Crippen LogP contribution in [-0.4, -0.2) is 41.1 Å². The number of likely N-dealkylation sites (tertiary alicyclic amines) is 1. The largest absolute Gasteiger partial charge is 0.481 e. The van der Waals surface area contributed by atoms with Gasteiger partial charge in [0.05, 0.1) is 6.42 Å². The molecule has 1 fully saturated rings. The number of hydrogen-bond donors (Lipinski definition) is 2. The van der Waals surface area contributed by atoms with Crippen LogP contribution in [0.2, 0.25) is 0 Å². The van der Waals surface area contributed by atoms with Crippen LogP contribution in [0.3, 0.4) is 0 Å². The van der Waals surface area contributed by atoms with Gasteiger partial charge < -0.3 is 15.3 Å². The minimum atomic E-state index is -0.871. The summed E-state index contributed by atoms with van der Waals surface area (Å²) in [6.07, 6.45) is 1.66. The highest BCUT2D eigenvalue weighted by atomic mass is 16.4. The number of carbonyl (C=O) groups excluding carboxylic acids is 1. The Labute approximate surface area is 115 Å². The summed E-state index contributed by atoms with van der Waals surface area (Å²) in [5, 5.41) is 11.8. The third kappa shape index (κ3) is 5.94. The lowest BCUT2D eigenvalue weighted by molar-refractivity contribution is -0.137. The van der Waals surface area contributed by atoms with Crippen molar-refractivity contribution in [3.63, 3.8) is 0 Å². The van der Waals surface area contributed by atoms with Crippen molar-refractivity contribution >= 4 is 12.0 Å². The Kier molecular flexibility index (Phi) is 5.20. The second-order valence-electron chi connectivity index (χ2n) is 6.85. The van der Waals surface area contributed by atoms with Crippen LogP contribution in [0.15, 0.2) is 0 Å². The molecular weight excluding hydrogens is 244 g/mol. The Balaban J connectivity index is 2.56. The van der Waals surface area contributed by atoms with Gasteiger partial charge in [-0.2, -0.15) is 0 Å². The van der Waals surface area contributed by atoms with Crippen LogP contribution in [0.5, 0.6) is 0 Å². The smallest absolute Gasteiger partial charge is 0.317 e. The van der Waals surface area contributed by atoms with Crippen molar-refractivity contribution in [1.82, 2.24) is 10.2 Å². The predicted octanol–water partition coefficient (Wildman–Crippen LogP) is 2.32. The van der Waals surface area contributed by atoms with E-state index in [1.165, 1.54) is 0 Å². The van der Waals surface area contributed by atoms with Crippen molar-refractivity contribution in [3.05, 3.63) is 0 Å². The summed E-state index contributed by atoms with van der Waals surface area (Å²) in [7, 11) is 0. The van der Waals surface area contributed by atoms with E-state index in [0.29, 0.717) is 12.3 Å². The maximum Gasteiger partial charge on any atom is 0.317 e. The number of nitrogens with zero attached hydrogens (tertiary/aromatic N) is 1. The van der Waals surface area contributed by atoms with Crippen LogP contribution < -0.4 is 5.32 Å². The number of urea groups is 1. The first-order valence-electron chi connectivity index (χ1n) is 6.94. The Morgan fingerprint density at radius 2 is 2.05 bits per heavy atom. The monoisotopic (exact) mass is 270 g/mol. The molecule has 0 aliphatic carbocycles. The Morgan fingerprint density at radius 3 is 2.47 bits per heavy atom. The molecule has 0 aromatic heterocycles. The highest BCUT2D eigenvalue weighted by Crippen LogP contribution is 2.23. The molecule has 1 heterocycles. The Bertz CT molecular complexity index is 336. The highest BCUT2D eigenvalue weighted by molar-refractivity contribution is 5.76. The zero-order chi connectivity index (χ0) is 14.6. The molecule has 2 unspecified atom stereocenters. The molecule has 0 bridgehead atoms. The second kappa shape index (κ2) is 6.26. The minimum Gasteiger partial charge on any atom is -0.481 e. The molecule has 5 nitrogen and oxygen atoms in total. The number of nitrogens with one attached hydrogen (secondary N) is 1. The van der Waals surface area contributed by atoms with Gasteiger partial charge in [-0.1, -0.05) is 27.7 Å². The number of hydrogen-bond acceptors (Lipinski definition) is 2. The summed E-state index contributed by atoms with van der Waals surface area (Å²) in [6.45, 7) is 9.80. The summed E-state index contributed by atoms with van der Waals surface area (Å²) >= 11 is 0. The molecule has 1 saturated heterocycles. The van der Waals surface area contributed by atoms with E-state index in [-0.39, 0.29) is 23.9 Å². The molecule has 0 aromatic rings. The molecule has 2 amide bonds. The van der Waals surface area contributed by atoms with Crippen LogP contribution in [0.4, 0.5) is 4.79 Å². The lowest BCUT2D eigenvalue weighted by Crippen LogP contribution is -2.45. The van der Waals surface area contributed by atoms with Crippen molar-refractivity contribution in [2.75, 3.05) is 13.1 Å². The fourth-order valence-corrected chi connectivity index (χ4v) is 2.51. The van der Waals surface area contributed by atoms with Gasteiger partial charge in [-0.05, 0) is 24.2 Å². The summed E-state index contributed by atoms with van der Waals surface area (Å²) in [5.74, 6) is -0.337. The normalized spacial score (nSPS) is 21.3. The molecule has 110 valence electrons. The standard InChI is InChI=1S/C14H26N2O3/c1-10-5-6-16(9-10)13(19)15-11(7-12(17)18)8-14(2,3)4/h10-11H,5-9H2,1-4H3,(H,15,19)(H,17,18). The first-order valence-corrected chi connectivity index (χ1v) is 6.94. The first-order chi connectivity index (χ1) is 8.67. The van der Waals surface area contributed by atoms with Gasteiger partial charge in [-0.3, -0.25) is 4.79 Å². The lowest BCUT2D eigenvalue weighted by Gasteiger charge is -2.27. The van der Waals surface area contributed by atoms with Gasteiger partial charge in [0.2, 0.25) is 0 Å². The fourth-order valence-electron chi connectivity index (χ4n) is 2.51. The molecule has 1 aliphatic rings. The van der Waals surface area contributed by atoms with Crippen LogP contribution >= 0.6 is 0 Å². The van der Waals surface area contributed by atoms with Crippen LogP contribution in [0, 0.1) is 11.3 Å². The van der Waals surface area contributed by atoms with Crippen molar-refractivity contribution in [1.29, 1.82) is 0 Å². The second-order valence-corrected chi connectivity index (χ2v) is 6.85. The van der Waals surface area contributed by atoms with E-state index in [2.05, 4.69) is 12.2 Å². The number of rotatable bonds is 4. The van der Waals surface area contributed by atoms with Gasteiger partial charge in [0, 0.05) is 19.1 Å². The quantitative estimate of drug-likeness (QED) is 0.823. The molecular formula is C14H26N2O3. The first kappa shape index (κ1) is 15.8. The highest BCUT2D eigenvalue weighted by Gasteiger charge is 2.27. The third-order valence-electron chi connectivity index (χ3n) is 3.32. The van der Waals surface area contributed by atoms with E-state index < -0.39 is 5.97 Å². The zero-order valence-electron chi connectivity index (χ0n) is 12.4. The Morgan fingerprint density at radius 1 is 1.42 bits per heavy atom. The molecule has 0 saturated carbocycles. The van der Waals surface area contributed by atoms with Gasteiger partial charge in [-0.15, -0.1) is 0 Å². The molecule has 1 aliphatic heterocycles. The van der Waals surface area contributed by atoms with E-state index in [1.807, 2.05) is 20.8 Å². The van der Waals surface area contributed by atoms with Crippen molar-refractivity contribution in [2.45, 2.75) is 53.0 Å². The minimum absolute atomic E-state index is 0.00824. The maximum absolute atomic E-state index is 12.1. The molecule has 5 heteroatoms. The number of carboxylic acid groups (broad SMARTS) is 1. The Hall–Kier alpha value is -1.26. The van der Waals surface area contributed by atoms with Crippen molar-refractivity contribution in [2.24, 2.45) is 11.3 Å². The third-order valence-corrected chi connectivity index (χ3v) is 3.32. The average Bonchev–Trinajstić information content (AvgIpc) is 2.60. The summed E-state index contributed by atoms with van der Waals surface area (Å²) in [6, 6.07) is -0.430. The molecule has 0 radical (unpaired) electrons. The number of amides is 2. The SMILES string of the molecule is CC1CCN(C(=O)NC(CC(=O)O)CC(C)(C)C)C1. The van der Waals surface area contributed by atoms with E-state index in [4.69, 9.17) is 5.11 Å². The average molecular weight is 270 g/mol. The van der Waals surface area contributed by atoms with E-state index in [1.54, 1.807) is 4.90 Å². The number of carbonyl (C=O) groups is 2. The fraction of sp³-hybridized carbons (Fsp3) is 0.857. The number of aliphatic carboxylic acids is 1. The van der Waals surface area contributed by atoms with E-state index >= 15 is 0 Å². The van der Waals surface area contributed by atoms with Crippen molar-refractivity contribution in [3.8, 4) is 0 Å². The molecule has 19 heavy (non-hydrogen) atoms. The molecule has 0 spiro atoms. The van der Waals surface area contributed by atoms with E-state index in [9.17, 15) is 9.59 Å². The summed E-state index contributed by atoms with van der Waals surface area (Å²) < 4.78 is 0. The van der Waals surface area contributed by atoms with Gasteiger partial charge in [0.25, 0.3) is 0 Å². The number of carboxylic acids is 1. The summed E-state index contributed by atoms with van der Waals surface area (Å²) in [4.78, 5) is 24.8. The van der Waals surface area contributed by atoms with E-state index in [0.717, 1.165) is 19.5 Å². The van der Waals surface area contributed by atoms with Crippen molar-refractivity contribution < 1.29 is 14.7 Å². The molecule has 0 aromatic carbocycles. The topological polar surface area (TPSA) is 69.6 Å². The molecule has 2 N–H and O–H groups in total. The van der Waals surface area contributed by atoms with Crippen LogP contribution in [-0.2, 0) is 4.79 Å². The predicted molar refractivity (Wildman–Crippen MR) is 74.0 cm³/mol. The maximum atomic E-state index is 12.1. The van der Waals surface area contributed by atoms with Gasteiger partial charge in [0.1, 0.15) is 0 Å². The zero-order valence-corrected chi connectivity index (χ0v) is 12.4. The van der Waals surface area contributed by atoms with Crippen LogP contribution in [0.1, 0.15) is 47.0 Å². The summed E-state index contributed by atoms with van der Waals surface area (Å²) in [5.41, 5.74) is -0.00824. The molecule has 1 rings (SSSR count). The molecule has 2 atom stereocenters. The van der Waals surface area contributed by atoms with Gasteiger partial charge in [0.15, 0.2) is 0 Å². The van der Waals surface area contributed by atoms with Gasteiger partial charge in [-0.25, -0.2) is 4.79 Å². The lowest BCUT2D eigenvalue weighted by atomic mass is 9.87. The van der Waals surface area contributed by atoms with Crippen LogP contribution in [0.25, 0.3) is 0 Å².